The third kappa shape index (κ3) is 2.89. The Balaban J connectivity index is 2.79. The molecule has 0 saturated heterocycles. The molecule has 1 radical (unpaired) electrons. The fourth-order valence-electron chi connectivity index (χ4n) is 1.08. The molecular formula is C12H15O2. The summed E-state index contributed by atoms with van der Waals surface area (Å²) in [5.74, 6) is 0.811. The molecule has 2 nitrogen and oxygen atoms in total. The van der Waals surface area contributed by atoms with E-state index >= 15 is 0 Å². The van der Waals surface area contributed by atoms with E-state index in [2.05, 4.69) is 6.92 Å². The summed E-state index contributed by atoms with van der Waals surface area (Å²) in [4.78, 5) is 0. The van der Waals surface area contributed by atoms with Gasteiger partial charge in [0.2, 0.25) is 0 Å². The van der Waals surface area contributed by atoms with Gasteiger partial charge in [0.15, 0.2) is 6.79 Å². The maximum absolute atomic E-state index is 5.32. The van der Waals surface area contributed by atoms with Crippen LogP contribution in [0.3, 0.4) is 0 Å². The first-order valence-corrected chi connectivity index (χ1v) is 4.46. The van der Waals surface area contributed by atoms with Crippen molar-refractivity contribution in [1.82, 2.24) is 0 Å². The Kier molecular flexibility index (Phi) is 4.20. The Morgan fingerprint density at radius 1 is 1.50 bits per heavy atom. The molecule has 0 aromatic heterocycles. The standard InChI is InChI=1S/C12H15O2/c1-4-10(2)11-6-5-7-12(8-11)14-9-13-3/h4-8H,1,9H2,2-3H3. The minimum absolute atomic E-state index is 0.274. The Hall–Kier alpha value is -1.28. The van der Waals surface area contributed by atoms with Crippen molar-refractivity contribution in [3.63, 3.8) is 0 Å². The van der Waals surface area contributed by atoms with E-state index in [0.717, 1.165) is 16.9 Å². The van der Waals surface area contributed by atoms with Gasteiger partial charge in [-0.2, -0.15) is 0 Å². The molecule has 0 aliphatic heterocycles. The van der Waals surface area contributed by atoms with Crippen LogP contribution in [0.5, 0.6) is 5.75 Å². The fraction of sp³-hybridized carbons (Fsp3) is 0.250. The van der Waals surface area contributed by atoms with Gasteiger partial charge in [0.25, 0.3) is 0 Å². The molecule has 0 bridgehead atoms. The van der Waals surface area contributed by atoms with Crippen LogP contribution in [-0.4, -0.2) is 13.9 Å². The zero-order chi connectivity index (χ0) is 10.4. The predicted molar refractivity (Wildman–Crippen MR) is 58.0 cm³/mol. The lowest BCUT2D eigenvalue weighted by molar-refractivity contribution is 0.0511. The minimum Gasteiger partial charge on any atom is -0.468 e. The topological polar surface area (TPSA) is 18.5 Å². The van der Waals surface area contributed by atoms with Gasteiger partial charge in [-0.1, -0.05) is 18.2 Å². The second-order valence-electron chi connectivity index (χ2n) is 2.97. The molecule has 0 heterocycles. The van der Waals surface area contributed by atoms with E-state index in [1.165, 1.54) is 0 Å². The van der Waals surface area contributed by atoms with Gasteiger partial charge in [0, 0.05) is 7.11 Å². The van der Waals surface area contributed by atoms with Crippen LogP contribution in [0.4, 0.5) is 0 Å². The van der Waals surface area contributed by atoms with E-state index in [1.54, 1.807) is 7.11 Å². The van der Waals surface area contributed by atoms with Crippen molar-refractivity contribution < 1.29 is 9.47 Å². The molecule has 0 N–H and O–H groups in total. The van der Waals surface area contributed by atoms with Gasteiger partial charge in [-0.25, -0.2) is 0 Å². The monoisotopic (exact) mass is 191 g/mol. The van der Waals surface area contributed by atoms with E-state index in [9.17, 15) is 0 Å². The third-order valence-electron chi connectivity index (χ3n) is 1.94. The predicted octanol–water partition coefficient (Wildman–Crippen LogP) is 2.91. The maximum Gasteiger partial charge on any atom is 0.188 e. The van der Waals surface area contributed by atoms with E-state index < -0.39 is 0 Å². The SMILES string of the molecule is [CH2]C=C(C)c1cccc(OCOC)c1. The molecule has 1 aromatic rings. The molecule has 0 amide bonds. The highest BCUT2D eigenvalue weighted by atomic mass is 16.7. The van der Waals surface area contributed by atoms with Crippen LogP contribution in [0.15, 0.2) is 30.3 Å². The van der Waals surface area contributed by atoms with Crippen molar-refractivity contribution >= 4 is 5.57 Å². The number of allylic oxidation sites excluding steroid dienone is 2. The van der Waals surface area contributed by atoms with Gasteiger partial charge < -0.3 is 9.47 Å². The first-order valence-electron chi connectivity index (χ1n) is 4.46. The van der Waals surface area contributed by atoms with Gasteiger partial charge in [-0.15, -0.1) is 0 Å². The van der Waals surface area contributed by atoms with Crippen LogP contribution in [-0.2, 0) is 4.74 Å². The average molecular weight is 191 g/mol. The van der Waals surface area contributed by atoms with E-state index in [4.69, 9.17) is 9.47 Å². The lowest BCUT2D eigenvalue weighted by Crippen LogP contribution is -1.98. The van der Waals surface area contributed by atoms with Gasteiger partial charge in [-0.05, 0) is 37.1 Å². The molecule has 2 heteroatoms. The minimum atomic E-state index is 0.274. The first kappa shape index (κ1) is 10.8. The van der Waals surface area contributed by atoms with Crippen molar-refractivity contribution in [1.29, 1.82) is 0 Å². The highest BCUT2D eigenvalue weighted by Crippen LogP contribution is 2.19. The summed E-state index contributed by atoms with van der Waals surface area (Å²) in [5.41, 5.74) is 2.25. The molecule has 0 unspecified atom stereocenters. The van der Waals surface area contributed by atoms with E-state index in [0.29, 0.717) is 0 Å². The zero-order valence-corrected chi connectivity index (χ0v) is 8.62. The number of methoxy groups -OCH3 is 1. The number of ether oxygens (including phenoxy) is 2. The summed E-state index contributed by atoms with van der Waals surface area (Å²) >= 11 is 0. The number of rotatable bonds is 4. The molecule has 0 spiro atoms. The maximum atomic E-state index is 5.32. The molecule has 75 valence electrons. The molecule has 0 saturated carbocycles. The normalized spacial score (nSPS) is 11.5. The highest BCUT2D eigenvalue weighted by molar-refractivity contribution is 5.65. The largest absolute Gasteiger partial charge is 0.468 e. The lowest BCUT2D eigenvalue weighted by atomic mass is 10.1. The van der Waals surface area contributed by atoms with Gasteiger partial charge in [-0.3, -0.25) is 0 Å². The Bertz CT molecular complexity index is 316. The second-order valence-corrected chi connectivity index (χ2v) is 2.97. The molecule has 0 atom stereocenters. The smallest absolute Gasteiger partial charge is 0.188 e. The van der Waals surface area contributed by atoms with Gasteiger partial charge in [0.1, 0.15) is 5.75 Å². The number of benzene rings is 1. The van der Waals surface area contributed by atoms with Crippen molar-refractivity contribution in [2.75, 3.05) is 13.9 Å². The Morgan fingerprint density at radius 3 is 2.93 bits per heavy atom. The zero-order valence-electron chi connectivity index (χ0n) is 8.62. The molecular weight excluding hydrogens is 176 g/mol. The summed E-state index contributed by atoms with van der Waals surface area (Å²) in [6, 6.07) is 7.85. The molecule has 14 heavy (non-hydrogen) atoms. The third-order valence-corrected chi connectivity index (χ3v) is 1.94. The second kappa shape index (κ2) is 5.45. The number of hydrogen-bond acceptors (Lipinski definition) is 2. The van der Waals surface area contributed by atoms with Crippen molar-refractivity contribution in [3.05, 3.63) is 42.8 Å². The average Bonchev–Trinajstić information content (AvgIpc) is 2.25. The van der Waals surface area contributed by atoms with E-state index in [1.807, 2.05) is 37.3 Å². The molecule has 1 rings (SSSR count). The van der Waals surface area contributed by atoms with Gasteiger partial charge >= 0.3 is 0 Å². The van der Waals surface area contributed by atoms with E-state index in [-0.39, 0.29) is 6.79 Å². The summed E-state index contributed by atoms with van der Waals surface area (Å²) in [6.07, 6.45) is 1.83. The van der Waals surface area contributed by atoms with Crippen LogP contribution in [0.25, 0.3) is 5.57 Å². The van der Waals surface area contributed by atoms with Crippen LogP contribution in [0, 0.1) is 6.92 Å². The highest BCUT2D eigenvalue weighted by Gasteiger charge is 1.97. The molecule has 0 aliphatic carbocycles. The molecule has 1 aromatic carbocycles. The van der Waals surface area contributed by atoms with Crippen LogP contribution in [0.2, 0.25) is 0 Å². The van der Waals surface area contributed by atoms with Crippen molar-refractivity contribution in [2.24, 2.45) is 0 Å². The number of hydrogen-bond donors (Lipinski definition) is 0. The van der Waals surface area contributed by atoms with Gasteiger partial charge in [0.05, 0.1) is 0 Å². The fourth-order valence-corrected chi connectivity index (χ4v) is 1.08. The Morgan fingerprint density at radius 2 is 2.29 bits per heavy atom. The summed E-state index contributed by atoms with van der Waals surface area (Å²) in [5, 5.41) is 0. The Labute approximate surface area is 85.2 Å². The summed E-state index contributed by atoms with van der Waals surface area (Å²) in [7, 11) is 1.60. The van der Waals surface area contributed by atoms with Crippen LogP contribution < -0.4 is 4.74 Å². The lowest BCUT2D eigenvalue weighted by Gasteiger charge is -2.06. The van der Waals surface area contributed by atoms with Crippen molar-refractivity contribution in [3.8, 4) is 5.75 Å². The first-order chi connectivity index (χ1) is 6.77. The quantitative estimate of drug-likeness (QED) is 0.681. The van der Waals surface area contributed by atoms with Crippen molar-refractivity contribution in [2.45, 2.75) is 6.92 Å². The van der Waals surface area contributed by atoms with Crippen LogP contribution >= 0.6 is 0 Å². The van der Waals surface area contributed by atoms with Crippen LogP contribution in [0.1, 0.15) is 12.5 Å². The summed E-state index contributed by atoms with van der Waals surface area (Å²) < 4.78 is 10.1. The molecule has 0 aliphatic rings. The summed E-state index contributed by atoms with van der Waals surface area (Å²) in [6.45, 7) is 6.02. The molecule has 0 fully saturated rings.